The van der Waals surface area contributed by atoms with Crippen LogP contribution in [0, 0.1) is 0 Å². The van der Waals surface area contributed by atoms with Crippen LogP contribution in [0.25, 0.3) is 0 Å². The van der Waals surface area contributed by atoms with Gasteiger partial charge >= 0.3 is 8.80 Å². The van der Waals surface area contributed by atoms with Gasteiger partial charge in [-0.3, -0.25) is 24.1 Å². The topological polar surface area (TPSA) is 156 Å². The van der Waals surface area contributed by atoms with Crippen LogP contribution in [0.3, 0.4) is 0 Å². The first kappa shape index (κ1) is 38.6. The lowest BCUT2D eigenvalue weighted by atomic mass is 10.1. The van der Waals surface area contributed by atoms with Crippen LogP contribution in [0.5, 0.6) is 0 Å². The van der Waals surface area contributed by atoms with Crippen molar-refractivity contribution >= 4 is 42.0 Å². The molecule has 4 amide bonds. The number of hydrogen-bond acceptors (Lipinski definition) is 9. The third kappa shape index (κ3) is 14.2. The molecule has 12 nitrogen and oxygen atoms in total. The maximum Gasteiger partial charge on any atom is 0.500 e. The number of likely N-dealkylation sites (tertiary alicyclic amines) is 1. The summed E-state index contributed by atoms with van der Waals surface area (Å²) in [7, 11) is -2.15. The lowest BCUT2D eigenvalue weighted by Gasteiger charge is -2.28. The van der Waals surface area contributed by atoms with E-state index in [4.69, 9.17) is 28.5 Å². The molecule has 1 aliphatic heterocycles. The van der Waals surface area contributed by atoms with E-state index in [1.165, 1.54) is 11.0 Å². The molecule has 14 heteroatoms. The SMILES string of the molecule is CCOC(OCC)[Si]CCCN1C(=O)CCC1=O.CCO[Si](CCCNC(=O)c1ccccc1C(N)=O)(OCC)OCC. The normalized spacial score (nSPS) is 13.3. The number of primary amides is 1. The van der Waals surface area contributed by atoms with E-state index in [2.05, 4.69) is 5.32 Å². The molecule has 2 rings (SSSR count). The first-order chi connectivity index (χ1) is 20.7. The summed E-state index contributed by atoms with van der Waals surface area (Å²) in [4.78, 5) is 47.8. The molecule has 0 saturated carbocycles. The highest BCUT2D eigenvalue weighted by Gasteiger charge is 2.39. The van der Waals surface area contributed by atoms with Crippen molar-refractivity contribution in [1.29, 1.82) is 0 Å². The zero-order chi connectivity index (χ0) is 32.1. The summed E-state index contributed by atoms with van der Waals surface area (Å²) < 4.78 is 28.2. The van der Waals surface area contributed by atoms with Crippen molar-refractivity contribution in [3.05, 3.63) is 35.4 Å². The number of nitrogens with zero attached hydrogens (tertiary/aromatic N) is 1. The Hall–Kier alpha value is -2.47. The number of rotatable bonds is 21. The number of amides is 4. The number of nitrogens with one attached hydrogen (secondary N) is 1. The highest BCUT2D eigenvalue weighted by Crippen LogP contribution is 2.18. The molecule has 3 N–H and O–H groups in total. The van der Waals surface area contributed by atoms with Gasteiger partial charge in [0.2, 0.25) is 17.7 Å². The fourth-order valence-electron chi connectivity index (χ4n) is 4.30. The number of nitrogens with two attached hydrogens (primary N) is 1. The minimum Gasteiger partial charge on any atom is -0.374 e. The van der Waals surface area contributed by atoms with Crippen molar-refractivity contribution < 1.29 is 41.9 Å². The third-order valence-corrected chi connectivity index (χ3v) is 10.6. The monoisotopic (exact) mass is 639 g/mol. The minimum absolute atomic E-state index is 0.0329. The Bertz CT molecular complexity index is 961. The zero-order valence-electron chi connectivity index (χ0n) is 26.3. The average Bonchev–Trinajstić information content (AvgIpc) is 3.30. The van der Waals surface area contributed by atoms with Crippen molar-refractivity contribution in [2.24, 2.45) is 5.73 Å². The number of carbonyl (C=O) groups excluding carboxylic acids is 4. The van der Waals surface area contributed by atoms with Gasteiger partial charge in [-0.15, -0.1) is 0 Å². The number of imide groups is 1. The van der Waals surface area contributed by atoms with E-state index in [-0.39, 0.29) is 34.8 Å². The molecular weight excluding hydrogens is 591 g/mol. The van der Waals surface area contributed by atoms with Gasteiger partial charge in [0.25, 0.3) is 5.91 Å². The third-order valence-electron chi connectivity index (χ3n) is 6.14. The van der Waals surface area contributed by atoms with Gasteiger partial charge in [0.15, 0.2) is 0 Å². The summed E-state index contributed by atoms with van der Waals surface area (Å²) in [6.45, 7) is 13.4. The Morgan fingerprint density at radius 3 is 1.91 bits per heavy atom. The first-order valence-electron chi connectivity index (χ1n) is 15.1. The van der Waals surface area contributed by atoms with Crippen LogP contribution in [0.1, 0.15) is 81.0 Å². The standard InChI is InChI=1S/C17H28N2O5Si.C12H21NO4Si/c1-4-22-25(23-5-2,24-6-3)13-9-12-19-17(21)15-11-8-7-10-14(15)16(18)20;1-3-16-12(17-4-2)18-9-5-8-13-10(14)6-7-11(13)15/h7-8,10-11H,4-6,9,12-13H2,1-3H3,(H2,18,20)(H,19,21);12H,3-9H2,1-2H3. The smallest absolute Gasteiger partial charge is 0.374 e. The van der Waals surface area contributed by atoms with E-state index < -0.39 is 14.7 Å². The van der Waals surface area contributed by atoms with Gasteiger partial charge in [0.05, 0.1) is 11.1 Å². The van der Waals surface area contributed by atoms with Gasteiger partial charge in [-0.2, -0.15) is 0 Å². The van der Waals surface area contributed by atoms with Crippen molar-refractivity contribution in [2.45, 2.75) is 78.3 Å². The van der Waals surface area contributed by atoms with Gasteiger partial charge in [0, 0.05) is 65.0 Å². The summed E-state index contributed by atoms with van der Waals surface area (Å²) in [6.07, 6.45) is 2.23. The second-order valence-corrected chi connectivity index (χ2v) is 13.4. The Balaban J connectivity index is 0.000000453. The molecule has 1 aromatic carbocycles. The Morgan fingerprint density at radius 2 is 1.42 bits per heavy atom. The van der Waals surface area contributed by atoms with Crippen molar-refractivity contribution in [3.63, 3.8) is 0 Å². The fraction of sp³-hybridized carbons (Fsp3) is 0.655. The molecule has 0 bridgehead atoms. The number of ether oxygens (including phenoxy) is 2. The number of benzene rings is 1. The van der Waals surface area contributed by atoms with Crippen molar-refractivity contribution in [1.82, 2.24) is 10.2 Å². The molecule has 1 aliphatic rings. The molecule has 0 aromatic heterocycles. The van der Waals surface area contributed by atoms with E-state index in [0.29, 0.717) is 81.0 Å². The Morgan fingerprint density at radius 1 is 0.884 bits per heavy atom. The first-order valence-corrected chi connectivity index (χ1v) is 18.3. The van der Waals surface area contributed by atoms with Crippen LogP contribution in [-0.4, -0.2) is 98.9 Å². The van der Waals surface area contributed by atoms with Crippen LogP contribution >= 0.6 is 0 Å². The Kier molecular flexibility index (Phi) is 19.8. The maximum atomic E-state index is 12.3. The molecule has 0 unspecified atom stereocenters. The molecule has 1 saturated heterocycles. The van der Waals surface area contributed by atoms with Gasteiger partial charge in [-0.1, -0.05) is 18.2 Å². The maximum absolute atomic E-state index is 12.3. The second-order valence-electron chi connectivity index (χ2n) is 9.24. The van der Waals surface area contributed by atoms with Crippen molar-refractivity contribution in [2.75, 3.05) is 46.1 Å². The zero-order valence-corrected chi connectivity index (χ0v) is 28.3. The van der Waals surface area contributed by atoms with E-state index in [9.17, 15) is 19.2 Å². The number of carbonyl (C=O) groups is 4. The molecule has 0 aliphatic carbocycles. The van der Waals surface area contributed by atoms with Crippen molar-refractivity contribution in [3.8, 4) is 0 Å². The highest BCUT2D eigenvalue weighted by molar-refractivity contribution is 6.60. The van der Waals surface area contributed by atoms with Crippen LogP contribution in [-0.2, 0) is 32.3 Å². The highest BCUT2D eigenvalue weighted by atomic mass is 28.4. The lowest BCUT2D eigenvalue weighted by molar-refractivity contribution is -0.138. The summed E-state index contributed by atoms with van der Waals surface area (Å²) in [5.74, 6) is -1.15. The lowest BCUT2D eigenvalue weighted by Crippen LogP contribution is -2.46. The van der Waals surface area contributed by atoms with E-state index in [0.717, 1.165) is 12.5 Å². The fourth-order valence-corrected chi connectivity index (χ4v) is 8.08. The summed E-state index contributed by atoms with van der Waals surface area (Å²) >= 11 is 0. The molecule has 242 valence electrons. The molecule has 43 heavy (non-hydrogen) atoms. The predicted molar refractivity (Wildman–Crippen MR) is 166 cm³/mol. The summed E-state index contributed by atoms with van der Waals surface area (Å²) in [5, 5.41) is 2.80. The minimum atomic E-state index is -2.70. The molecule has 0 atom stereocenters. The Labute approximate surface area is 259 Å². The average molecular weight is 640 g/mol. The van der Waals surface area contributed by atoms with E-state index in [1.807, 2.05) is 34.6 Å². The van der Waals surface area contributed by atoms with Gasteiger partial charge in [0.1, 0.15) is 15.4 Å². The van der Waals surface area contributed by atoms with E-state index >= 15 is 0 Å². The second kappa shape index (κ2) is 22.1. The molecular formula is C29H49N3O9Si2. The quantitative estimate of drug-likeness (QED) is 0.0894. The summed E-state index contributed by atoms with van der Waals surface area (Å²) in [5.41, 5.74) is 5.79. The van der Waals surface area contributed by atoms with Gasteiger partial charge in [-0.25, -0.2) is 0 Å². The molecule has 0 spiro atoms. The molecule has 2 radical (unpaired) electrons. The van der Waals surface area contributed by atoms with E-state index in [1.54, 1.807) is 18.2 Å². The predicted octanol–water partition coefficient (Wildman–Crippen LogP) is 2.96. The molecule has 1 heterocycles. The van der Waals surface area contributed by atoms with Crippen LogP contribution in [0.15, 0.2) is 24.3 Å². The molecule has 1 fully saturated rings. The van der Waals surface area contributed by atoms with Crippen LogP contribution in [0.4, 0.5) is 0 Å². The van der Waals surface area contributed by atoms with Gasteiger partial charge in [-0.05, 0) is 59.6 Å². The largest absolute Gasteiger partial charge is 0.500 e. The molecule has 1 aromatic rings. The van der Waals surface area contributed by atoms with Gasteiger partial charge < -0.3 is 33.8 Å². The van der Waals surface area contributed by atoms with Crippen LogP contribution < -0.4 is 11.1 Å². The number of hydrogen-bond donors (Lipinski definition) is 2. The summed E-state index contributed by atoms with van der Waals surface area (Å²) in [6, 6.07) is 8.01. The van der Waals surface area contributed by atoms with Crippen LogP contribution in [0.2, 0.25) is 12.1 Å².